The van der Waals surface area contributed by atoms with Crippen molar-refractivity contribution in [2.45, 2.75) is 70.1 Å². The molecule has 7 nitrogen and oxygen atoms in total. The Morgan fingerprint density at radius 2 is 1.80 bits per heavy atom. The van der Waals surface area contributed by atoms with Gasteiger partial charge in [-0.3, -0.25) is 9.71 Å². The SMILES string of the molecule is CC(C)(C)[Si](C)(C)OC1CC([C@H](NS)c2cncc(-c3ccc4cnn(-c5cccc(C(F)(F)F)n5)c4c3)n2)C1. The van der Waals surface area contributed by atoms with Gasteiger partial charge in [-0.2, -0.15) is 18.3 Å². The molecule has 1 atom stereocenters. The molecule has 0 radical (unpaired) electrons. The average Bonchev–Trinajstić information content (AvgIpc) is 3.30. The third-order valence-electron chi connectivity index (χ3n) is 8.09. The molecule has 1 aromatic carbocycles. The van der Waals surface area contributed by atoms with Gasteiger partial charge in [-0.05, 0) is 55.1 Å². The number of thiol groups is 1. The summed E-state index contributed by atoms with van der Waals surface area (Å²) in [6.45, 7) is 11.3. The molecule has 1 fully saturated rings. The van der Waals surface area contributed by atoms with E-state index in [-0.39, 0.29) is 23.0 Å². The minimum absolute atomic E-state index is 0.0839. The Balaban J connectivity index is 1.38. The molecule has 212 valence electrons. The third kappa shape index (κ3) is 5.67. The van der Waals surface area contributed by atoms with Gasteiger partial charge in [-0.25, -0.2) is 14.6 Å². The lowest BCUT2D eigenvalue weighted by atomic mass is 9.76. The van der Waals surface area contributed by atoms with Crippen molar-refractivity contribution in [3.8, 4) is 17.1 Å². The van der Waals surface area contributed by atoms with Crippen molar-refractivity contribution < 1.29 is 17.6 Å². The second-order valence-electron chi connectivity index (χ2n) is 11.9. The van der Waals surface area contributed by atoms with Gasteiger partial charge in [0, 0.05) is 17.1 Å². The van der Waals surface area contributed by atoms with Crippen LogP contribution >= 0.6 is 12.8 Å². The number of fused-ring (bicyclic) bond motifs is 1. The van der Waals surface area contributed by atoms with Crippen LogP contribution in [0.25, 0.3) is 28.0 Å². The van der Waals surface area contributed by atoms with Gasteiger partial charge in [0.05, 0.1) is 41.5 Å². The lowest BCUT2D eigenvalue weighted by Crippen LogP contribution is -2.49. The molecule has 3 aromatic heterocycles. The quantitative estimate of drug-likeness (QED) is 0.177. The summed E-state index contributed by atoms with van der Waals surface area (Å²) in [5.41, 5.74) is 1.83. The lowest BCUT2D eigenvalue weighted by molar-refractivity contribution is -0.141. The van der Waals surface area contributed by atoms with E-state index in [1.54, 1.807) is 18.6 Å². The molecule has 0 saturated heterocycles. The minimum Gasteiger partial charge on any atom is -0.414 e. The van der Waals surface area contributed by atoms with Crippen LogP contribution in [0.3, 0.4) is 0 Å². The van der Waals surface area contributed by atoms with E-state index in [4.69, 9.17) is 9.41 Å². The van der Waals surface area contributed by atoms with Crippen molar-refractivity contribution in [3.63, 3.8) is 0 Å². The molecule has 3 heterocycles. The maximum absolute atomic E-state index is 13.2. The molecular weight excluding hydrogens is 553 g/mol. The number of alkyl halides is 3. The molecule has 12 heteroatoms. The minimum atomic E-state index is -4.55. The average molecular weight is 587 g/mol. The fourth-order valence-electron chi connectivity index (χ4n) is 4.71. The summed E-state index contributed by atoms with van der Waals surface area (Å²) in [5, 5.41) is 5.22. The lowest BCUT2D eigenvalue weighted by Gasteiger charge is -2.46. The summed E-state index contributed by atoms with van der Waals surface area (Å²) in [7, 11) is -1.84. The van der Waals surface area contributed by atoms with Crippen molar-refractivity contribution in [1.82, 2.24) is 29.5 Å². The number of aromatic nitrogens is 5. The Labute approximate surface area is 238 Å². The molecule has 40 heavy (non-hydrogen) atoms. The van der Waals surface area contributed by atoms with E-state index in [2.05, 4.69) is 66.5 Å². The number of benzene rings is 1. The molecule has 5 rings (SSSR count). The van der Waals surface area contributed by atoms with Crippen LogP contribution in [0, 0.1) is 5.92 Å². The number of nitrogens with zero attached hydrogens (tertiary/aromatic N) is 5. The van der Waals surface area contributed by atoms with E-state index < -0.39 is 20.2 Å². The van der Waals surface area contributed by atoms with Gasteiger partial charge in [0.15, 0.2) is 14.1 Å². The molecule has 0 bridgehead atoms. The molecule has 0 spiro atoms. The second-order valence-corrected chi connectivity index (χ2v) is 16.9. The normalized spacial score (nSPS) is 19.0. The zero-order chi connectivity index (χ0) is 28.9. The highest BCUT2D eigenvalue weighted by atomic mass is 32.1. The molecule has 1 saturated carbocycles. The first-order valence-corrected chi connectivity index (χ1v) is 16.5. The van der Waals surface area contributed by atoms with Crippen molar-refractivity contribution in [3.05, 3.63) is 66.4 Å². The van der Waals surface area contributed by atoms with E-state index in [0.29, 0.717) is 17.1 Å². The molecule has 0 unspecified atom stereocenters. The van der Waals surface area contributed by atoms with Gasteiger partial charge in [0.25, 0.3) is 0 Å². The predicted molar refractivity (Wildman–Crippen MR) is 155 cm³/mol. The van der Waals surface area contributed by atoms with E-state index in [9.17, 15) is 13.2 Å². The van der Waals surface area contributed by atoms with Crippen LogP contribution in [-0.2, 0) is 10.6 Å². The predicted octanol–water partition coefficient (Wildman–Crippen LogP) is 7.17. The summed E-state index contributed by atoms with van der Waals surface area (Å²) in [6.07, 6.45) is 2.55. The first-order valence-electron chi connectivity index (χ1n) is 13.2. The Morgan fingerprint density at radius 3 is 2.48 bits per heavy atom. The van der Waals surface area contributed by atoms with Gasteiger partial charge in [-0.1, -0.05) is 51.8 Å². The smallest absolute Gasteiger partial charge is 0.414 e. The molecule has 1 aliphatic rings. The molecule has 1 N–H and O–H groups in total. The Kier molecular flexibility index (Phi) is 7.57. The fourth-order valence-corrected chi connectivity index (χ4v) is 6.43. The first kappa shape index (κ1) is 28.7. The van der Waals surface area contributed by atoms with E-state index >= 15 is 0 Å². The highest BCUT2D eigenvalue weighted by Gasteiger charge is 2.44. The van der Waals surface area contributed by atoms with Crippen LogP contribution in [-0.4, -0.2) is 39.2 Å². The summed E-state index contributed by atoms with van der Waals surface area (Å²) < 4.78 is 50.8. The van der Waals surface area contributed by atoms with Crippen molar-refractivity contribution in [1.29, 1.82) is 0 Å². The number of hydrogen-bond acceptors (Lipinski definition) is 7. The molecule has 0 aliphatic heterocycles. The number of halogens is 3. The van der Waals surface area contributed by atoms with E-state index in [1.807, 2.05) is 18.2 Å². The van der Waals surface area contributed by atoms with Gasteiger partial charge in [0.1, 0.15) is 5.69 Å². The molecular formula is C28H33F3N6OSSi. The number of rotatable bonds is 7. The third-order valence-corrected chi connectivity index (χ3v) is 12.9. The fraction of sp³-hybridized carbons (Fsp3) is 0.429. The number of nitrogens with one attached hydrogen (secondary N) is 1. The summed E-state index contributed by atoms with van der Waals surface area (Å²) in [5.74, 6) is 0.397. The van der Waals surface area contributed by atoms with E-state index in [1.165, 1.54) is 16.8 Å². The maximum atomic E-state index is 13.2. The van der Waals surface area contributed by atoms with Crippen molar-refractivity contribution >= 4 is 32.0 Å². The van der Waals surface area contributed by atoms with E-state index in [0.717, 1.165) is 35.6 Å². The van der Waals surface area contributed by atoms with Gasteiger partial charge < -0.3 is 4.43 Å². The van der Waals surface area contributed by atoms with Crippen LogP contribution in [0.1, 0.15) is 51.0 Å². The maximum Gasteiger partial charge on any atom is 0.433 e. The summed E-state index contributed by atoms with van der Waals surface area (Å²) >= 11 is 4.41. The van der Waals surface area contributed by atoms with Crippen LogP contribution in [0.4, 0.5) is 13.2 Å². The Bertz CT molecular complexity index is 1510. The van der Waals surface area contributed by atoms with Crippen LogP contribution < -0.4 is 4.72 Å². The van der Waals surface area contributed by atoms with Gasteiger partial charge in [0.2, 0.25) is 0 Å². The van der Waals surface area contributed by atoms with Crippen LogP contribution in [0.5, 0.6) is 0 Å². The largest absolute Gasteiger partial charge is 0.433 e. The standard InChI is InChI=1S/C28H33F3N6OSSi/c1-27(2,3)40(4,5)38-20-11-19(12-20)26(36-39)22-16-32-15-21(34-22)17-9-10-18-14-33-37(23(18)13-17)25-8-6-7-24(35-25)28(29,30)31/h6-10,13-16,19-20,26,36,39H,11-12H2,1-5H3/t19?,20?,26-/m0/s1. The number of hydrogen-bond donors (Lipinski definition) is 2. The molecule has 4 aromatic rings. The monoisotopic (exact) mass is 586 g/mol. The van der Waals surface area contributed by atoms with Gasteiger partial charge in [-0.15, -0.1) is 0 Å². The highest BCUT2D eigenvalue weighted by Crippen LogP contribution is 2.45. The highest BCUT2D eigenvalue weighted by molar-refractivity contribution is 7.78. The number of pyridine rings is 1. The van der Waals surface area contributed by atoms with Crippen LogP contribution in [0.2, 0.25) is 18.1 Å². The van der Waals surface area contributed by atoms with Gasteiger partial charge >= 0.3 is 6.18 Å². The van der Waals surface area contributed by atoms with Crippen molar-refractivity contribution in [2.75, 3.05) is 0 Å². The zero-order valence-electron chi connectivity index (χ0n) is 23.1. The Hall–Kier alpha value is -2.80. The summed E-state index contributed by atoms with van der Waals surface area (Å²) in [6, 6.07) is 9.27. The topological polar surface area (TPSA) is 77.8 Å². The van der Waals surface area contributed by atoms with Crippen LogP contribution in [0.15, 0.2) is 55.0 Å². The summed E-state index contributed by atoms with van der Waals surface area (Å²) in [4.78, 5) is 13.1. The zero-order valence-corrected chi connectivity index (χ0v) is 25.0. The molecule has 1 aliphatic carbocycles. The second kappa shape index (κ2) is 10.5. The molecule has 0 amide bonds. The Morgan fingerprint density at radius 1 is 1.05 bits per heavy atom. The van der Waals surface area contributed by atoms with Crippen molar-refractivity contribution in [2.24, 2.45) is 5.92 Å². The first-order chi connectivity index (χ1) is 18.8.